The van der Waals surface area contributed by atoms with Gasteiger partial charge < -0.3 is 15.4 Å². The van der Waals surface area contributed by atoms with Gasteiger partial charge in [0.15, 0.2) is 16.7 Å². The van der Waals surface area contributed by atoms with Crippen molar-refractivity contribution in [2.75, 3.05) is 13.2 Å². The monoisotopic (exact) mass is 482 g/mol. The average molecular weight is 483 g/mol. The highest BCUT2D eigenvalue weighted by Gasteiger charge is 2.33. The normalized spacial score (nSPS) is 17.5. The van der Waals surface area contributed by atoms with Crippen molar-refractivity contribution in [3.05, 3.63) is 71.1 Å². The van der Waals surface area contributed by atoms with Gasteiger partial charge in [-0.2, -0.15) is 8.42 Å². The van der Waals surface area contributed by atoms with E-state index < -0.39 is 21.8 Å². The summed E-state index contributed by atoms with van der Waals surface area (Å²) in [4.78, 5) is 1.80. The van der Waals surface area contributed by atoms with Crippen molar-refractivity contribution in [2.45, 2.75) is 30.7 Å². The number of nitrogens with zero attached hydrogens (tertiary/aromatic N) is 2. The largest absolute Gasteiger partial charge is 0.488 e. The zero-order chi connectivity index (χ0) is 23.5. The Bertz CT molecular complexity index is 1140. The van der Waals surface area contributed by atoms with Gasteiger partial charge in [0.05, 0.1) is 10.9 Å². The summed E-state index contributed by atoms with van der Waals surface area (Å²) in [5.74, 6) is -1.16. The Hall–Kier alpha value is -2.60. The van der Waals surface area contributed by atoms with Gasteiger partial charge in [0, 0.05) is 36.4 Å². The van der Waals surface area contributed by atoms with Gasteiger partial charge in [-0.1, -0.05) is 17.7 Å². The van der Waals surface area contributed by atoms with E-state index >= 15 is 0 Å². The van der Waals surface area contributed by atoms with Crippen LogP contribution < -0.4 is 15.8 Å². The summed E-state index contributed by atoms with van der Waals surface area (Å²) in [5.41, 5.74) is 7.95. The topological polar surface area (TPSA) is 107 Å². The predicted octanol–water partition coefficient (Wildman–Crippen LogP) is 2.91. The number of halogens is 2. The van der Waals surface area contributed by atoms with Gasteiger partial charge in [0.1, 0.15) is 12.4 Å². The molecule has 171 valence electrons. The summed E-state index contributed by atoms with van der Waals surface area (Å²) >= 11 is 5.23. The van der Waals surface area contributed by atoms with Crippen LogP contribution in [0.3, 0.4) is 0 Å². The molecule has 0 unspecified atom stereocenters. The summed E-state index contributed by atoms with van der Waals surface area (Å²) < 4.78 is 62.0. The van der Waals surface area contributed by atoms with Crippen LogP contribution in [0, 0.1) is 18.6 Å². The van der Waals surface area contributed by atoms with E-state index in [9.17, 15) is 17.2 Å². The molecule has 2 aromatic rings. The van der Waals surface area contributed by atoms with Crippen molar-refractivity contribution in [1.82, 2.24) is 10.2 Å². The molecule has 0 aromatic heterocycles. The molecule has 2 aliphatic rings. The Balaban J connectivity index is 0.000000222. The molecule has 11 heteroatoms. The number of ether oxygens (including phenoxy) is 1. The van der Waals surface area contributed by atoms with Gasteiger partial charge in [-0.25, -0.2) is 14.1 Å². The zero-order valence-corrected chi connectivity index (χ0v) is 18.8. The minimum absolute atomic E-state index is 0.0666. The van der Waals surface area contributed by atoms with Gasteiger partial charge in [0.2, 0.25) is 0 Å². The van der Waals surface area contributed by atoms with E-state index in [1.165, 1.54) is 18.2 Å². The summed E-state index contributed by atoms with van der Waals surface area (Å²) in [6.45, 7) is 2.59. The molecule has 0 saturated carbocycles. The van der Waals surface area contributed by atoms with Crippen LogP contribution in [0.15, 0.2) is 53.2 Å². The Morgan fingerprint density at radius 1 is 1.28 bits per heavy atom. The van der Waals surface area contributed by atoms with Crippen molar-refractivity contribution in [1.29, 1.82) is 0 Å². The van der Waals surface area contributed by atoms with E-state index in [1.54, 1.807) is 18.3 Å². The summed E-state index contributed by atoms with van der Waals surface area (Å²) in [5, 5.41) is 4.56. The number of rotatable bonds is 4. The van der Waals surface area contributed by atoms with Crippen molar-refractivity contribution >= 4 is 27.4 Å². The number of aryl methyl sites for hydroxylation is 1. The molecule has 2 heterocycles. The molecular weight excluding hydrogens is 460 g/mol. The van der Waals surface area contributed by atoms with E-state index in [2.05, 4.69) is 5.32 Å². The van der Waals surface area contributed by atoms with Gasteiger partial charge in [-0.3, -0.25) is 4.55 Å². The standard InChI is InChI=1S/C14H14F2N3OS.C7H8O3S/c15-9-3-8-4-11(7-20-13(8)12(16)5-9)19-10(1-2-17)6-18-14(19)21;1-6-2-4-7(5-3-6)11(8,9)10/h3,5-6,11H,1-2,4,7,17H2;2-5H,1H3,(H,8,9,10)/t11-;/m1./s1. The number of fused-ring (bicyclic) bond motifs is 1. The lowest BCUT2D eigenvalue weighted by atomic mass is 10.0. The van der Waals surface area contributed by atoms with Gasteiger partial charge >= 0.3 is 0 Å². The third kappa shape index (κ3) is 5.60. The minimum Gasteiger partial charge on any atom is -0.488 e. The lowest BCUT2D eigenvalue weighted by Gasteiger charge is -2.34. The molecule has 2 aliphatic heterocycles. The second-order valence-electron chi connectivity index (χ2n) is 7.27. The number of nitrogens with two attached hydrogens (primary N) is 1. The molecule has 0 saturated heterocycles. The SMILES string of the molecule is Cc1ccc(S(=O)(=O)O)cc1.NCCC1=C[N]C(=S)N1[C@H]1COc2c(F)cc(F)cc2C1. The third-order valence-corrected chi connectivity index (χ3v) is 6.05. The fourth-order valence-corrected chi connectivity index (χ4v) is 4.19. The van der Waals surface area contributed by atoms with E-state index in [-0.39, 0.29) is 23.3 Å². The Kier molecular flexibility index (Phi) is 7.44. The lowest BCUT2D eigenvalue weighted by Crippen LogP contribution is -2.44. The van der Waals surface area contributed by atoms with Crippen molar-refractivity contribution in [2.24, 2.45) is 5.73 Å². The van der Waals surface area contributed by atoms with E-state index in [4.69, 9.17) is 27.2 Å². The van der Waals surface area contributed by atoms with E-state index in [0.29, 0.717) is 30.1 Å². The fourth-order valence-electron chi connectivity index (χ4n) is 3.40. The van der Waals surface area contributed by atoms with Gasteiger partial charge in [0.25, 0.3) is 10.1 Å². The van der Waals surface area contributed by atoms with Crippen LogP contribution in [-0.4, -0.2) is 42.2 Å². The highest BCUT2D eigenvalue weighted by atomic mass is 32.2. The summed E-state index contributed by atoms with van der Waals surface area (Å²) in [6, 6.07) is 7.99. The van der Waals surface area contributed by atoms with Crippen LogP contribution in [-0.2, 0) is 16.5 Å². The first-order chi connectivity index (χ1) is 15.1. The van der Waals surface area contributed by atoms with E-state index in [0.717, 1.165) is 17.3 Å². The van der Waals surface area contributed by atoms with Crippen molar-refractivity contribution in [3.63, 3.8) is 0 Å². The zero-order valence-electron chi connectivity index (χ0n) is 17.2. The molecule has 1 radical (unpaired) electrons. The molecule has 2 aromatic carbocycles. The summed E-state index contributed by atoms with van der Waals surface area (Å²) in [6.07, 6.45) is 2.78. The van der Waals surface area contributed by atoms with Crippen LogP contribution >= 0.6 is 12.2 Å². The molecule has 0 bridgehead atoms. The number of hydrogen-bond acceptors (Lipinski definition) is 5. The van der Waals surface area contributed by atoms with Crippen LogP contribution in [0.4, 0.5) is 8.78 Å². The van der Waals surface area contributed by atoms with Crippen LogP contribution in [0.25, 0.3) is 0 Å². The highest BCUT2D eigenvalue weighted by Crippen LogP contribution is 2.32. The molecule has 32 heavy (non-hydrogen) atoms. The second-order valence-corrected chi connectivity index (χ2v) is 9.06. The van der Waals surface area contributed by atoms with Gasteiger partial charge in [-0.15, -0.1) is 0 Å². The number of benzene rings is 2. The Morgan fingerprint density at radius 2 is 1.97 bits per heavy atom. The molecular formula is C21H22F2N3O4S2. The first-order valence-electron chi connectivity index (χ1n) is 9.68. The molecule has 3 N–H and O–H groups in total. The van der Waals surface area contributed by atoms with Crippen LogP contribution in [0.2, 0.25) is 0 Å². The molecule has 0 fully saturated rings. The smallest absolute Gasteiger partial charge is 0.294 e. The van der Waals surface area contributed by atoms with Crippen LogP contribution in [0.1, 0.15) is 17.5 Å². The van der Waals surface area contributed by atoms with Gasteiger partial charge in [-0.05, 0) is 43.9 Å². The minimum atomic E-state index is -4.02. The van der Waals surface area contributed by atoms with Crippen molar-refractivity contribution < 1.29 is 26.5 Å². The maximum atomic E-state index is 13.7. The Labute approximate surface area is 190 Å². The number of thiocarbonyl (C=S) groups is 1. The molecule has 4 rings (SSSR count). The first-order valence-corrected chi connectivity index (χ1v) is 11.5. The molecule has 0 amide bonds. The molecule has 7 nitrogen and oxygen atoms in total. The lowest BCUT2D eigenvalue weighted by molar-refractivity contribution is 0.188. The Morgan fingerprint density at radius 3 is 2.59 bits per heavy atom. The maximum absolute atomic E-state index is 13.7. The van der Waals surface area contributed by atoms with Crippen molar-refractivity contribution in [3.8, 4) is 5.75 Å². The fraction of sp³-hybridized carbons (Fsp3) is 0.286. The number of hydrogen-bond donors (Lipinski definition) is 2. The third-order valence-electron chi connectivity index (χ3n) is 4.88. The second kappa shape index (κ2) is 9.90. The molecule has 0 spiro atoms. The van der Waals surface area contributed by atoms with Crippen LogP contribution in [0.5, 0.6) is 5.75 Å². The maximum Gasteiger partial charge on any atom is 0.294 e. The first kappa shape index (κ1) is 24.1. The van der Waals surface area contributed by atoms with E-state index in [1.807, 2.05) is 11.8 Å². The molecule has 0 aliphatic carbocycles. The average Bonchev–Trinajstić information content (AvgIpc) is 3.08. The highest BCUT2D eigenvalue weighted by molar-refractivity contribution is 7.85. The predicted molar refractivity (Wildman–Crippen MR) is 119 cm³/mol. The molecule has 1 atom stereocenters. The quantitative estimate of drug-likeness (QED) is 0.510. The summed E-state index contributed by atoms with van der Waals surface area (Å²) in [7, 11) is -4.02.